The minimum Gasteiger partial charge on any atom is -0.383 e. The smallest absolute Gasteiger partial charge is 0.238 e. The number of hydrogen-bond donors (Lipinski definition) is 2. The molecule has 1 aliphatic rings. The van der Waals surface area contributed by atoms with Crippen molar-refractivity contribution in [1.29, 1.82) is 0 Å². The van der Waals surface area contributed by atoms with E-state index in [-0.39, 0.29) is 5.91 Å². The molecule has 0 aliphatic carbocycles. The van der Waals surface area contributed by atoms with Crippen LogP contribution in [0.3, 0.4) is 0 Å². The predicted octanol–water partition coefficient (Wildman–Crippen LogP) is 0.160. The molecule has 0 radical (unpaired) electrons. The lowest BCUT2D eigenvalue weighted by Gasteiger charge is -2.26. The van der Waals surface area contributed by atoms with E-state index in [1.54, 1.807) is 4.90 Å². The Morgan fingerprint density at radius 3 is 3.14 bits per heavy atom. The number of nitrogen functional groups attached to an aromatic ring is 1. The van der Waals surface area contributed by atoms with Crippen molar-refractivity contribution in [3.8, 4) is 0 Å². The number of piperazine rings is 1. The van der Waals surface area contributed by atoms with Gasteiger partial charge >= 0.3 is 0 Å². The van der Waals surface area contributed by atoms with Gasteiger partial charge in [-0.2, -0.15) is 0 Å². The van der Waals surface area contributed by atoms with Gasteiger partial charge in [-0.15, -0.1) is 0 Å². The highest BCUT2D eigenvalue weighted by atomic mass is 16.5. The van der Waals surface area contributed by atoms with Gasteiger partial charge in [-0.25, -0.2) is 9.97 Å². The first-order valence-corrected chi connectivity index (χ1v) is 7.29. The lowest BCUT2D eigenvalue weighted by molar-refractivity contribution is -0.137. The molecule has 0 saturated carbocycles. The number of fused-ring (bicyclic) bond motifs is 1. The lowest BCUT2D eigenvalue weighted by Crippen LogP contribution is -2.48. The van der Waals surface area contributed by atoms with E-state index in [2.05, 4.69) is 15.3 Å². The fourth-order valence-electron chi connectivity index (χ4n) is 2.43. The molecule has 1 amide bonds. The number of carbonyl (C=O) groups is 1. The average Bonchev–Trinajstić information content (AvgIpc) is 2.53. The molecule has 0 unspecified atom stereocenters. The second-order valence-electron chi connectivity index (χ2n) is 5.23. The maximum atomic E-state index is 11.6. The number of nitrogens with one attached hydrogen (secondary N) is 1. The number of anilines is 1. The van der Waals surface area contributed by atoms with Gasteiger partial charge < -0.3 is 20.7 Å². The van der Waals surface area contributed by atoms with Crippen LogP contribution in [0, 0.1) is 0 Å². The Balaban J connectivity index is 1.52. The van der Waals surface area contributed by atoms with E-state index in [9.17, 15) is 4.79 Å². The van der Waals surface area contributed by atoms with Gasteiger partial charge in [0, 0.05) is 18.5 Å². The van der Waals surface area contributed by atoms with Crippen molar-refractivity contribution in [2.75, 3.05) is 38.7 Å². The third kappa shape index (κ3) is 3.32. The van der Waals surface area contributed by atoms with Crippen LogP contribution < -0.4 is 11.1 Å². The van der Waals surface area contributed by atoms with Crippen LogP contribution >= 0.6 is 0 Å². The van der Waals surface area contributed by atoms with Crippen LogP contribution in [0.15, 0.2) is 24.5 Å². The summed E-state index contributed by atoms with van der Waals surface area (Å²) in [7, 11) is 0. The first kappa shape index (κ1) is 14.7. The van der Waals surface area contributed by atoms with Gasteiger partial charge in [0.2, 0.25) is 5.91 Å². The van der Waals surface area contributed by atoms with Crippen molar-refractivity contribution in [3.63, 3.8) is 0 Å². The summed E-state index contributed by atoms with van der Waals surface area (Å²) < 4.78 is 5.60. The molecular formula is C15H19N5O2. The van der Waals surface area contributed by atoms with Crippen LogP contribution in [-0.4, -0.2) is 53.7 Å². The first-order chi connectivity index (χ1) is 10.7. The van der Waals surface area contributed by atoms with Crippen molar-refractivity contribution < 1.29 is 9.53 Å². The molecule has 0 spiro atoms. The molecule has 7 heteroatoms. The number of hydrogen-bond acceptors (Lipinski definition) is 6. The number of aromatic nitrogens is 2. The molecule has 116 valence electrons. The Labute approximate surface area is 128 Å². The Bertz CT molecular complexity index is 676. The zero-order valence-corrected chi connectivity index (χ0v) is 12.3. The van der Waals surface area contributed by atoms with E-state index in [4.69, 9.17) is 10.5 Å². The van der Waals surface area contributed by atoms with Gasteiger partial charge in [-0.3, -0.25) is 4.79 Å². The van der Waals surface area contributed by atoms with Gasteiger partial charge in [-0.1, -0.05) is 6.07 Å². The van der Waals surface area contributed by atoms with Crippen LogP contribution in [0.5, 0.6) is 0 Å². The molecule has 1 saturated heterocycles. The summed E-state index contributed by atoms with van der Waals surface area (Å²) >= 11 is 0. The largest absolute Gasteiger partial charge is 0.383 e. The Morgan fingerprint density at radius 1 is 1.36 bits per heavy atom. The summed E-state index contributed by atoms with van der Waals surface area (Å²) in [6, 6.07) is 5.92. The van der Waals surface area contributed by atoms with Crippen LogP contribution in [0.2, 0.25) is 0 Å². The van der Waals surface area contributed by atoms with E-state index in [1.807, 2.05) is 18.2 Å². The third-order valence-corrected chi connectivity index (χ3v) is 3.70. The van der Waals surface area contributed by atoms with E-state index in [0.717, 1.165) is 29.4 Å². The lowest BCUT2D eigenvalue weighted by atomic mass is 10.1. The molecule has 0 atom stereocenters. The predicted molar refractivity (Wildman–Crippen MR) is 83.1 cm³/mol. The second-order valence-corrected chi connectivity index (χ2v) is 5.23. The van der Waals surface area contributed by atoms with Gasteiger partial charge in [-0.05, 0) is 24.1 Å². The highest BCUT2D eigenvalue weighted by Crippen LogP contribution is 2.18. The summed E-state index contributed by atoms with van der Waals surface area (Å²) in [6.07, 6.45) is 2.23. The molecule has 1 aromatic carbocycles. The molecule has 0 bridgehead atoms. The fraction of sp³-hybridized carbons (Fsp3) is 0.400. The minimum atomic E-state index is 0.0872. The van der Waals surface area contributed by atoms with E-state index in [1.165, 1.54) is 6.33 Å². The van der Waals surface area contributed by atoms with E-state index < -0.39 is 0 Å². The molecule has 3 rings (SSSR count). The van der Waals surface area contributed by atoms with E-state index in [0.29, 0.717) is 32.2 Å². The van der Waals surface area contributed by atoms with Crippen LogP contribution in [0.25, 0.3) is 10.9 Å². The number of amides is 1. The molecule has 1 aliphatic heterocycles. The molecule has 3 N–H and O–H groups in total. The molecule has 1 fully saturated rings. The quantitative estimate of drug-likeness (QED) is 0.764. The molecule has 2 aromatic rings. The molecule has 7 nitrogen and oxygen atoms in total. The van der Waals surface area contributed by atoms with Gasteiger partial charge in [0.1, 0.15) is 18.9 Å². The van der Waals surface area contributed by atoms with Gasteiger partial charge in [0.25, 0.3) is 0 Å². The topological polar surface area (TPSA) is 93.4 Å². The van der Waals surface area contributed by atoms with E-state index >= 15 is 0 Å². The molecule has 2 heterocycles. The van der Waals surface area contributed by atoms with Crippen molar-refractivity contribution in [2.45, 2.75) is 6.42 Å². The normalized spacial score (nSPS) is 15.5. The summed E-state index contributed by atoms with van der Waals surface area (Å²) in [4.78, 5) is 21.5. The van der Waals surface area contributed by atoms with Crippen LogP contribution in [0.4, 0.5) is 5.82 Å². The monoisotopic (exact) mass is 301 g/mol. The maximum Gasteiger partial charge on any atom is 0.238 e. The van der Waals surface area contributed by atoms with Crippen molar-refractivity contribution in [3.05, 3.63) is 30.1 Å². The first-order valence-electron chi connectivity index (χ1n) is 7.29. The van der Waals surface area contributed by atoms with Gasteiger partial charge in [0.05, 0.1) is 18.7 Å². The summed E-state index contributed by atoms with van der Waals surface area (Å²) in [5, 5.41) is 3.89. The number of ether oxygens (including phenoxy) is 1. The van der Waals surface area contributed by atoms with Crippen LogP contribution in [0.1, 0.15) is 5.56 Å². The Morgan fingerprint density at radius 2 is 2.27 bits per heavy atom. The number of nitrogens with two attached hydrogens (primary N) is 1. The minimum absolute atomic E-state index is 0.0872. The summed E-state index contributed by atoms with van der Waals surface area (Å²) in [5.41, 5.74) is 7.76. The standard InChI is InChI=1S/C15H19N5O2/c16-15-12-2-1-11(7-13(12)18-9-19-15)3-6-22-10-20-5-4-17-8-14(20)21/h1-2,7,9,17H,3-6,8,10H2,(H2,16,18,19). The SMILES string of the molecule is Nc1ncnc2cc(CCOCN3CCNCC3=O)ccc12. The number of benzene rings is 1. The Hall–Kier alpha value is -2.25. The highest BCUT2D eigenvalue weighted by Gasteiger charge is 2.16. The Kier molecular flexibility index (Phi) is 4.45. The van der Waals surface area contributed by atoms with Gasteiger partial charge in [0.15, 0.2) is 0 Å². The molecular weight excluding hydrogens is 282 g/mol. The van der Waals surface area contributed by atoms with Crippen molar-refractivity contribution in [2.24, 2.45) is 0 Å². The van der Waals surface area contributed by atoms with Crippen molar-refractivity contribution >= 4 is 22.6 Å². The fourth-order valence-corrected chi connectivity index (χ4v) is 2.43. The highest BCUT2D eigenvalue weighted by molar-refractivity contribution is 5.88. The second kappa shape index (κ2) is 6.67. The zero-order chi connectivity index (χ0) is 15.4. The number of carbonyl (C=O) groups excluding carboxylic acids is 1. The third-order valence-electron chi connectivity index (χ3n) is 3.70. The average molecular weight is 301 g/mol. The zero-order valence-electron chi connectivity index (χ0n) is 12.3. The molecule has 1 aromatic heterocycles. The number of rotatable bonds is 5. The summed E-state index contributed by atoms with van der Waals surface area (Å²) in [6.45, 7) is 2.83. The maximum absolute atomic E-state index is 11.6. The molecule has 22 heavy (non-hydrogen) atoms. The number of nitrogens with zero attached hydrogens (tertiary/aromatic N) is 3. The summed E-state index contributed by atoms with van der Waals surface area (Å²) in [5.74, 6) is 0.578. The van der Waals surface area contributed by atoms with Crippen LogP contribution in [-0.2, 0) is 16.0 Å². The van der Waals surface area contributed by atoms with Crippen molar-refractivity contribution in [1.82, 2.24) is 20.2 Å².